The number of hydrogen-bond donors (Lipinski definition) is 1. The third kappa shape index (κ3) is 3.41. The fourth-order valence-corrected chi connectivity index (χ4v) is 2.24. The first-order valence-corrected chi connectivity index (χ1v) is 6.74. The molecular formula is C13H21N5O. The van der Waals surface area contributed by atoms with Crippen molar-refractivity contribution < 1.29 is 4.79 Å². The molecule has 1 aromatic heterocycles. The van der Waals surface area contributed by atoms with E-state index in [2.05, 4.69) is 15.1 Å². The third-order valence-corrected chi connectivity index (χ3v) is 3.46. The van der Waals surface area contributed by atoms with E-state index in [9.17, 15) is 4.79 Å². The molecule has 1 aliphatic heterocycles. The highest BCUT2D eigenvalue weighted by Crippen LogP contribution is 2.13. The van der Waals surface area contributed by atoms with Gasteiger partial charge in [-0.15, -0.1) is 5.10 Å². The van der Waals surface area contributed by atoms with E-state index in [1.807, 2.05) is 24.0 Å². The van der Waals surface area contributed by atoms with E-state index in [-0.39, 0.29) is 11.8 Å². The first kappa shape index (κ1) is 13.7. The molecule has 2 rings (SSSR count). The van der Waals surface area contributed by atoms with Gasteiger partial charge in [0.2, 0.25) is 5.91 Å². The summed E-state index contributed by atoms with van der Waals surface area (Å²) in [5.41, 5.74) is 5.56. The topological polar surface area (TPSA) is 75.4 Å². The zero-order valence-electron chi connectivity index (χ0n) is 11.3. The molecule has 0 spiro atoms. The van der Waals surface area contributed by atoms with Gasteiger partial charge in [-0.2, -0.15) is 5.10 Å². The van der Waals surface area contributed by atoms with Crippen molar-refractivity contribution >= 4 is 11.7 Å². The number of nitrogens with zero attached hydrogens (tertiary/aromatic N) is 4. The Bertz CT molecular complexity index is 411. The maximum absolute atomic E-state index is 12.1. The lowest BCUT2D eigenvalue weighted by atomic mass is 10.1. The van der Waals surface area contributed by atoms with Gasteiger partial charge in [-0.3, -0.25) is 4.79 Å². The minimum Gasteiger partial charge on any atom is -0.353 e. The molecule has 1 aromatic rings. The molecule has 1 fully saturated rings. The lowest BCUT2D eigenvalue weighted by Gasteiger charge is -2.24. The van der Waals surface area contributed by atoms with Crippen molar-refractivity contribution in [2.45, 2.75) is 13.3 Å². The second-order valence-electron chi connectivity index (χ2n) is 4.88. The van der Waals surface area contributed by atoms with Gasteiger partial charge in [-0.05, 0) is 18.6 Å². The number of anilines is 1. The molecular weight excluding hydrogens is 242 g/mol. The Morgan fingerprint density at radius 1 is 1.42 bits per heavy atom. The lowest BCUT2D eigenvalue weighted by molar-refractivity contribution is -0.134. The first-order valence-electron chi connectivity index (χ1n) is 6.74. The molecule has 6 heteroatoms. The van der Waals surface area contributed by atoms with Gasteiger partial charge < -0.3 is 15.5 Å². The maximum Gasteiger partial charge on any atom is 0.226 e. The Balaban J connectivity index is 1.97. The molecule has 19 heavy (non-hydrogen) atoms. The Kier molecular flexibility index (Phi) is 4.68. The second-order valence-corrected chi connectivity index (χ2v) is 4.88. The summed E-state index contributed by atoms with van der Waals surface area (Å²) in [7, 11) is 0. The normalized spacial score (nSPS) is 18.0. The molecule has 2 heterocycles. The molecule has 0 aromatic carbocycles. The Labute approximate surface area is 113 Å². The number of hydrogen-bond acceptors (Lipinski definition) is 5. The predicted molar refractivity (Wildman–Crippen MR) is 73.7 cm³/mol. The van der Waals surface area contributed by atoms with Crippen LogP contribution in [0.25, 0.3) is 0 Å². The van der Waals surface area contributed by atoms with Gasteiger partial charge in [-0.1, -0.05) is 6.92 Å². The smallest absolute Gasteiger partial charge is 0.226 e. The van der Waals surface area contributed by atoms with Crippen molar-refractivity contribution in [3.05, 3.63) is 18.3 Å². The third-order valence-electron chi connectivity index (χ3n) is 3.46. The van der Waals surface area contributed by atoms with Crippen LogP contribution in [-0.2, 0) is 4.79 Å². The molecule has 0 radical (unpaired) electrons. The van der Waals surface area contributed by atoms with E-state index in [4.69, 9.17) is 5.73 Å². The molecule has 0 aliphatic carbocycles. The monoisotopic (exact) mass is 263 g/mol. The van der Waals surface area contributed by atoms with Crippen LogP contribution in [0, 0.1) is 5.92 Å². The van der Waals surface area contributed by atoms with Crippen LogP contribution in [0.4, 0.5) is 5.82 Å². The van der Waals surface area contributed by atoms with Crippen LogP contribution in [0.5, 0.6) is 0 Å². The van der Waals surface area contributed by atoms with Crippen molar-refractivity contribution in [2.75, 3.05) is 37.6 Å². The van der Waals surface area contributed by atoms with Gasteiger partial charge in [0, 0.05) is 44.8 Å². The molecule has 104 valence electrons. The molecule has 1 aliphatic rings. The van der Waals surface area contributed by atoms with Gasteiger partial charge in [0.05, 0.1) is 0 Å². The average Bonchev–Trinajstić information content (AvgIpc) is 2.72. The number of nitrogens with two attached hydrogens (primary N) is 1. The average molecular weight is 263 g/mol. The van der Waals surface area contributed by atoms with Crippen LogP contribution >= 0.6 is 0 Å². The van der Waals surface area contributed by atoms with E-state index in [0.717, 1.165) is 38.4 Å². The van der Waals surface area contributed by atoms with Crippen molar-refractivity contribution in [2.24, 2.45) is 11.7 Å². The Morgan fingerprint density at radius 3 is 2.95 bits per heavy atom. The minimum atomic E-state index is -0.0944. The maximum atomic E-state index is 12.1. The van der Waals surface area contributed by atoms with E-state index in [1.165, 1.54) is 0 Å². The fraction of sp³-hybridized carbons (Fsp3) is 0.615. The standard InChI is InChI=1S/C13H21N5O/c1-11(10-14)13(19)18-7-3-6-17(8-9-18)12-4-2-5-15-16-12/h2,4-5,11H,3,6-10,14H2,1H3. The largest absolute Gasteiger partial charge is 0.353 e. The van der Waals surface area contributed by atoms with Crippen LogP contribution in [0.1, 0.15) is 13.3 Å². The summed E-state index contributed by atoms with van der Waals surface area (Å²) in [6, 6.07) is 3.83. The number of carbonyl (C=O) groups excluding carboxylic acids is 1. The van der Waals surface area contributed by atoms with Crippen LogP contribution in [0.3, 0.4) is 0 Å². The summed E-state index contributed by atoms with van der Waals surface area (Å²) in [6.07, 6.45) is 2.61. The SMILES string of the molecule is CC(CN)C(=O)N1CCCN(c2cccnn2)CC1. The molecule has 0 bridgehead atoms. The van der Waals surface area contributed by atoms with Crippen LogP contribution < -0.4 is 10.6 Å². The van der Waals surface area contributed by atoms with Crippen LogP contribution in [0.15, 0.2) is 18.3 Å². The predicted octanol–water partition coefficient (Wildman–Crippen LogP) is 0.110. The van der Waals surface area contributed by atoms with E-state index < -0.39 is 0 Å². The number of amides is 1. The summed E-state index contributed by atoms with van der Waals surface area (Å²) >= 11 is 0. The summed E-state index contributed by atoms with van der Waals surface area (Å²) in [6.45, 7) is 5.50. The van der Waals surface area contributed by atoms with Crippen LogP contribution in [-0.4, -0.2) is 53.7 Å². The Hall–Kier alpha value is -1.69. The molecule has 0 saturated carbocycles. The van der Waals surface area contributed by atoms with E-state index >= 15 is 0 Å². The van der Waals surface area contributed by atoms with E-state index in [1.54, 1.807) is 6.20 Å². The Morgan fingerprint density at radius 2 is 2.26 bits per heavy atom. The number of rotatable bonds is 3. The number of aromatic nitrogens is 2. The molecule has 1 unspecified atom stereocenters. The molecule has 2 N–H and O–H groups in total. The summed E-state index contributed by atoms with van der Waals surface area (Å²) in [5, 5.41) is 8.02. The van der Waals surface area contributed by atoms with Crippen molar-refractivity contribution in [3.8, 4) is 0 Å². The van der Waals surface area contributed by atoms with Gasteiger partial charge in [0.1, 0.15) is 0 Å². The van der Waals surface area contributed by atoms with Gasteiger partial charge in [-0.25, -0.2) is 0 Å². The zero-order chi connectivity index (χ0) is 13.7. The number of carbonyl (C=O) groups is 1. The summed E-state index contributed by atoms with van der Waals surface area (Å²) < 4.78 is 0. The minimum absolute atomic E-state index is 0.0944. The molecule has 1 saturated heterocycles. The fourth-order valence-electron chi connectivity index (χ4n) is 2.24. The molecule has 1 atom stereocenters. The summed E-state index contributed by atoms with van der Waals surface area (Å²) in [4.78, 5) is 16.2. The lowest BCUT2D eigenvalue weighted by Crippen LogP contribution is -2.40. The summed E-state index contributed by atoms with van der Waals surface area (Å²) in [5.74, 6) is 0.940. The highest BCUT2D eigenvalue weighted by Gasteiger charge is 2.22. The highest BCUT2D eigenvalue weighted by atomic mass is 16.2. The second kappa shape index (κ2) is 6.47. The molecule has 1 amide bonds. The van der Waals surface area contributed by atoms with E-state index in [0.29, 0.717) is 6.54 Å². The van der Waals surface area contributed by atoms with Gasteiger partial charge in [0.15, 0.2) is 5.82 Å². The molecule has 6 nitrogen and oxygen atoms in total. The van der Waals surface area contributed by atoms with Crippen LogP contribution in [0.2, 0.25) is 0 Å². The zero-order valence-corrected chi connectivity index (χ0v) is 11.3. The van der Waals surface area contributed by atoms with Gasteiger partial charge >= 0.3 is 0 Å². The van der Waals surface area contributed by atoms with Crippen molar-refractivity contribution in [1.29, 1.82) is 0 Å². The quantitative estimate of drug-likeness (QED) is 0.837. The first-order chi connectivity index (χ1) is 9.22. The highest BCUT2D eigenvalue weighted by molar-refractivity contribution is 5.78. The van der Waals surface area contributed by atoms with Crippen molar-refractivity contribution in [1.82, 2.24) is 15.1 Å². The van der Waals surface area contributed by atoms with Crippen molar-refractivity contribution in [3.63, 3.8) is 0 Å². The van der Waals surface area contributed by atoms with Gasteiger partial charge in [0.25, 0.3) is 0 Å².